The van der Waals surface area contributed by atoms with Gasteiger partial charge in [0.05, 0.1) is 0 Å². The van der Waals surface area contributed by atoms with Crippen molar-refractivity contribution < 1.29 is 14.7 Å². The van der Waals surface area contributed by atoms with E-state index in [1.54, 1.807) is 18.2 Å². The summed E-state index contributed by atoms with van der Waals surface area (Å²) in [5.41, 5.74) is 0.607. The van der Waals surface area contributed by atoms with Crippen LogP contribution in [-0.2, 0) is 16.0 Å². The highest BCUT2D eigenvalue weighted by atomic mass is 79.9. The molecule has 0 saturated carbocycles. The van der Waals surface area contributed by atoms with Crippen LogP contribution in [0.3, 0.4) is 0 Å². The van der Waals surface area contributed by atoms with Gasteiger partial charge in [0.25, 0.3) is 0 Å². The van der Waals surface area contributed by atoms with Crippen molar-refractivity contribution in [2.24, 2.45) is 0 Å². The summed E-state index contributed by atoms with van der Waals surface area (Å²) in [7, 11) is 0. The number of halogens is 1. The van der Waals surface area contributed by atoms with Gasteiger partial charge < -0.3 is 10.4 Å². The van der Waals surface area contributed by atoms with Crippen molar-refractivity contribution in [1.29, 1.82) is 0 Å². The van der Waals surface area contributed by atoms with Crippen molar-refractivity contribution in [2.45, 2.75) is 19.4 Å². The smallest absolute Gasteiger partial charge is 0.326 e. The molecule has 0 aliphatic carbocycles. The highest BCUT2D eigenvalue weighted by molar-refractivity contribution is 9.10. The van der Waals surface area contributed by atoms with E-state index in [1.165, 1.54) is 6.92 Å². The topological polar surface area (TPSA) is 79.3 Å². The number of carboxylic acid groups (broad SMARTS) is 1. The molecule has 1 aromatic rings. The molecular formula is C10H11BrN2O3. The minimum atomic E-state index is -1.07. The van der Waals surface area contributed by atoms with E-state index in [-0.39, 0.29) is 12.3 Å². The molecule has 5 nitrogen and oxygen atoms in total. The molecule has 2 N–H and O–H groups in total. The van der Waals surface area contributed by atoms with Gasteiger partial charge in [-0.1, -0.05) is 6.07 Å². The molecule has 0 bridgehead atoms. The molecule has 1 amide bonds. The maximum absolute atomic E-state index is 10.9. The lowest BCUT2D eigenvalue weighted by molar-refractivity contribution is -0.141. The molecule has 0 aliphatic rings. The molecule has 1 atom stereocenters. The summed E-state index contributed by atoms with van der Waals surface area (Å²) in [5, 5.41) is 11.3. The average molecular weight is 287 g/mol. The number of nitrogens with zero attached hydrogens (tertiary/aromatic N) is 1. The molecule has 1 rings (SSSR count). The zero-order valence-electron chi connectivity index (χ0n) is 8.61. The summed E-state index contributed by atoms with van der Waals surface area (Å²) < 4.78 is 0.636. The van der Waals surface area contributed by atoms with Gasteiger partial charge in [-0.15, -0.1) is 0 Å². The summed E-state index contributed by atoms with van der Waals surface area (Å²) in [6.07, 6.45) is 0.161. The predicted octanol–water partition coefficient (Wildman–Crippen LogP) is 0.976. The second-order valence-corrected chi connectivity index (χ2v) is 4.06. The van der Waals surface area contributed by atoms with Gasteiger partial charge in [-0.25, -0.2) is 9.78 Å². The molecule has 0 aromatic carbocycles. The lowest BCUT2D eigenvalue weighted by atomic mass is 10.1. The highest BCUT2D eigenvalue weighted by Gasteiger charge is 2.19. The molecule has 0 spiro atoms. The number of amides is 1. The van der Waals surface area contributed by atoms with Crippen molar-refractivity contribution in [3.63, 3.8) is 0 Å². The summed E-state index contributed by atoms with van der Waals surface area (Å²) in [6, 6.07) is 4.28. The number of hydrogen-bond donors (Lipinski definition) is 2. The standard InChI is InChI=1S/C10H11BrN2O3/c1-6(14)12-8(10(15)16)5-7-3-2-4-9(11)13-7/h2-4,8H,5H2,1H3,(H,12,14)(H,15,16). The van der Waals surface area contributed by atoms with Gasteiger partial charge in [0.15, 0.2) is 0 Å². The summed E-state index contributed by atoms with van der Waals surface area (Å²) in [5.74, 6) is -1.45. The van der Waals surface area contributed by atoms with Crippen LogP contribution in [0.4, 0.5) is 0 Å². The summed E-state index contributed by atoms with van der Waals surface area (Å²) >= 11 is 3.19. The van der Waals surface area contributed by atoms with Crippen LogP contribution < -0.4 is 5.32 Å². The molecule has 1 heterocycles. The van der Waals surface area contributed by atoms with Gasteiger partial charge in [0.2, 0.25) is 5.91 Å². The zero-order chi connectivity index (χ0) is 12.1. The Morgan fingerprint density at radius 2 is 2.25 bits per heavy atom. The van der Waals surface area contributed by atoms with Crippen LogP contribution in [0, 0.1) is 0 Å². The van der Waals surface area contributed by atoms with Crippen molar-refractivity contribution in [2.75, 3.05) is 0 Å². The largest absolute Gasteiger partial charge is 0.480 e. The monoisotopic (exact) mass is 286 g/mol. The maximum atomic E-state index is 10.9. The SMILES string of the molecule is CC(=O)NC(Cc1cccc(Br)n1)C(=O)O. The molecule has 0 fully saturated rings. The number of carbonyl (C=O) groups excluding carboxylic acids is 1. The third-order valence-electron chi connectivity index (χ3n) is 1.86. The van der Waals surface area contributed by atoms with E-state index in [2.05, 4.69) is 26.2 Å². The fourth-order valence-corrected chi connectivity index (χ4v) is 1.60. The fraction of sp³-hybridized carbons (Fsp3) is 0.300. The molecule has 1 unspecified atom stereocenters. The average Bonchev–Trinajstić information content (AvgIpc) is 2.15. The molecule has 16 heavy (non-hydrogen) atoms. The quantitative estimate of drug-likeness (QED) is 0.809. The van der Waals surface area contributed by atoms with E-state index in [9.17, 15) is 9.59 Å². The van der Waals surface area contributed by atoms with E-state index < -0.39 is 12.0 Å². The van der Waals surface area contributed by atoms with Crippen LogP contribution in [-0.4, -0.2) is 28.0 Å². The first-order valence-electron chi connectivity index (χ1n) is 4.60. The Balaban J connectivity index is 2.75. The zero-order valence-corrected chi connectivity index (χ0v) is 10.2. The third kappa shape index (κ3) is 3.98. The van der Waals surface area contributed by atoms with Gasteiger partial charge in [0, 0.05) is 19.0 Å². The Hall–Kier alpha value is -1.43. The van der Waals surface area contributed by atoms with Crippen LogP contribution in [0.15, 0.2) is 22.8 Å². The number of nitrogens with one attached hydrogen (secondary N) is 1. The minimum absolute atomic E-state index is 0.161. The van der Waals surface area contributed by atoms with E-state index in [0.29, 0.717) is 10.3 Å². The number of pyridine rings is 1. The lowest BCUT2D eigenvalue weighted by Crippen LogP contribution is -2.41. The molecule has 86 valence electrons. The summed E-state index contributed by atoms with van der Waals surface area (Å²) in [4.78, 5) is 25.8. The molecule has 1 aromatic heterocycles. The lowest BCUT2D eigenvalue weighted by Gasteiger charge is -2.12. The van der Waals surface area contributed by atoms with Crippen molar-refractivity contribution in [3.8, 4) is 0 Å². The molecular weight excluding hydrogens is 276 g/mol. The van der Waals surface area contributed by atoms with Crippen LogP contribution in [0.2, 0.25) is 0 Å². The molecule has 6 heteroatoms. The van der Waals surface area contributed by atoms with E-state index in [1.807, 2.05) is 0 Å². The van der Waals surface area contributed by atoms with E-state index in [0.717, 1.165) is 0 Å². The van der Waals surface area contributed by atoms with E-state index in [4.69, 9.17) is 5.11 Å². The number of aromatic nitrogens is 1. The minimum Gasteiger partial charge on any atom is -0.480 e. The number of carboxylic acids is 1. The Kier molecular flexibility index (Phi) is 4.42. The van der Waals surface area contributed by atoms with Crippen LogP contribution in [0.5, 0.6) is 0 Å². The Morgan fingerprint density at radius 1 is 1.56 bits per heavy atom. The molecule has 0 saturated heterocycles. The van der Waals surface area contributed by atoms with Gasteiger partial charge in [-0.05, 0) is 28.1 Å². The second kappa shape index (κ2) is 5.60. The van der Waals surface area contributed by atoms with Crippen molar-refractivity contribution in [1.82, 2.24) is 10.3 Å². The van der Waals surface area contributed by atoms with Crippen LogP contribution in [0.25, 0.3) is 0 Å². The first-order valence-corrected chi connectivity index (χ1v) is 5.39. The van der Waals surface area contributed by atoms with Gasteiger partial charge >= 0.3 is 5.97 Å². The third-order valence-corrected chi connectivity index (χ3v) is 2.30. The van der Waals surface area contributed by atoms with Crippen molar-refractivity contribution in [3.05, 3.63) is 28.5 Å². The fourth-order valence-electron chi connectivity index (χ4n) is 1.22. The van der Waals surface area contributed by atoms with Gasteiger partial charge in [-0.3, -0.25) is 4.79 Å². The van der Waals surface area contributed by atoms with Gasteiger partial charge in [0.1, 0.15) is 10.6 Å². The van der Waals surface area contributed by atoms with Gasteiger partial charge in [-0.2, -0.15) is 0 Å². The predicted molar refractivity (Wildman–Crippen MR) is 60.9 cm³/mol. The normalized spacial score (nSPS) is 11.9. The number of carbonyl (C=O) groups is 2. The maximum Gasteiger partial charge on any atom is 0.326 e. The Bertz CT molecular complexity index is 409. The number of hydrogen-bond acceptors (Lipinski definition) is 3. The van der Waals surface area contributed by atoms with Crippen LogP contribution in [0.1, 0.15) is 12.6 Å². The molecule has 0 radical (unpaired) electrons. The number of rotatable bonds is 4. The molecule has 0 aliphatic heterocycles. The first kappa shape index (κ1) is 12.6. The van der Waals surface area contributed by atoms with Crippen molar-refractivity contribution >= 4 is 27.8 Å². The highest BCUT2D eigenvalue weighted by Crippen LogP contribution is 2.08. The second-order valence-electron chi connectivity index (χ2n) is 3.25. The summed E-state index contributed by atoms with van der Waals surface area (Å²) in [6.45, 7) is 1.28. The van der Waals surface area contributed by atoms with E-state index >= 15 is 0 Å². The first-order chi connectivity index (χ1) is 7.49. The Morgan fingerprint density at radius 3 is 2.75 bits per heavy atom. The van der Waals surface area contributed by atoms with Crippen LogP contribution >= 0.6 is 15.9 Å². The Labute approximate surface area is 101 Å². The number of aliphatic carboxylic acids is 1.